The molecular formula is C27H33N7O5. The molecule has 1 aromatic carbocycles. The third kappa shape index (κ3) is 6.21. The zero-order chi connectivity index (χ0) is 27.6. The third-order valence-electron chi connectivity index (χ3n) is 6.48. The molecule has 4 heterocycles. The molecule has 0 bridgehead atoms. The van der Waals surface area contributed by atoms with Gasteiger partial charge in [-0.15, -0.1) is 0 Å². The van der Waals surface area contributed by atoms with Crippen LogP contribution in [-0.4, -0.2) is 86.4 Å². The maximum Gasteiger partial charge on any atom is 0.410 e. The second-order valence-corrected chi connectivity index (χ2v) is 10.6. The van der Waals surface area contributed by atoms with E-state index in [4.69, 9.17) is 19.2 Å². The number of ether oxygens (including phenoxy) is 3. The summed E-state index contributed by atoms with van der Waals surface area (Å²) in [7, 11) is 1.77. The number of carbonyl (C=O) groups excluding carboxylic acids is 2. The molecule has 0 saturated carbocycles. The van der Waals surface area contributed by atoms with Gasteiger partial charge in [-0.25, -0.2) is 14.8 Å². The monoisotopic (exact) mass is 535 g/mol. The average molecular weight is 536 g/mol. The molecule has 206 valence electrons. The van der Waals surface area contributed by atoms with Gasteiger partial charge < -0.3 is 28.9 Å². The second kappa shape index (κ2) is 10.8. The minimum atomic E-state index is -0.614. The van der Waals surface area contributed by atoms with Crippen LogP contribution in [0.25, 0.3) is 5.95 Å². The van der Waals surface area contributed by atoms with E-state index < -0.39 is 11.7 Å². The molecule has 0 spiro atoms. The van der Waals surface area contributed by atoms with E-state index in [-0.39, 0.29) is 25.2 Å². The lowest BCUT2D eigenvalue weighted by atomic mass is 10.1. The van der Waals surface area contributed by atoms with Crippen molar-refractivity contribution >= 4 is 17.8 Å². The zero-order valence-electron chi connectivity index (χ0n) is 22.6. The Balaban J connectivity index is 1.34. The Kier molecular flexibility index (Phi) is 7.27. The van der Waals surface area contributed by atoms with Crippen LogP contribution in [0.2, 0.25) is 0 Å². The maximum atomic E-state index is 13.4. The van der Waals surface area contributed by atoms with Crippen molar-refractivity contribution in [2.75, 3.05) is 38.4 Å². The van der Waals surface area contributed by atoms with Gasteiger partial charge in [0.25, 0.3) is 0 Å². The quantitative estimate of drug-likeness (QED) is 0.470. The molecule has 0 radical (unpaired) electrons. The van der Waals surface area contributed by atoms with Crippen LogP contribution < -0.4 is 14.4 Å². The van der Waals surface area contributed by atoms with Crippen LogP contribution in [-0.2, 0) is 16.1 Å². The largest absolute Gasteiger partial charge is 0.454 e. The summed E-state index contributed by atoms with van der Waals surface area (Å²) in [6, 6.07) is 7.17. The number of hydrogen-bond acceptors (Lipinski definition) is 9. The van der Waals surface area contributed by atoms with E-state index >= 15 is 0 Å². The van der Waals surface area contributed by atoms with Gasteiger partial charge in [0.1, 0.15) is 17.7 Å². The number of rotatable bonds is 6. The highest BCUT2D eigenvalue weighted by Gasteiger charge is 2.34. The first-order valence-electron chi connectivity index (χ1n) is 12.8. The van der Waals surface area contributed by atoms with Gasteiger partial charge in [-0.3, -0.25) is 9.36 Å². The number of anilines is 1. The standard InChI is InChI=1S/C27H33N7O5/c1-27(2,3)39-26(36)32-11-12-34(23-7-8-29-25(30-23)33-10-9-28-17-33)20(16-32)14-24(35)31(4)15-19-5-6-21-22(13-19)38-18-37-21/h5-10,13,17,20H,11-12,14-16,18H2,1-4H3. The summed E-state index contributed by atoms with van der Waals surface area (Å²) in [5, 5.41) is 0. The van der Waals surface area contributed by atoms with E-state index in [9.17, 15) is 9.59 Å². The number of nitrogens with zero attached hydrogens (tertiary/aromatic N) is 7. The van der Waals surface area contributed by atoms with Gasteiger partial charge in [-0.1, -0.05) is 6.07 Å². The summed E-state index contributed by atoms with van der Waals surface area (Å²) in [4.78, 5) is 44.9. The second-order valence-electron chi connectivity index (χ2n) is 10.6. The number of carbonyl (C=O) groups is 2. The Morgan fingerprint density at radius 2 is 1.95 bits per heavy atom. The molecule has 3 aromatic rings. The van der Waals surface area contributed by atoms with Crippen LogP contribution in [0.15, 0.2) is 49.2 Å². The number of benzene rings is 1. The smallest absolute Gasteiger partial charge is 0.410 e. The fourth-order valence-corrected chi connectivity index (χ4v) is 4.58. The van der Waals surface area contributed by atoms with E-state index in [2.05, 4.69) is 14.9 Å². The Morgan fingerprint density at radius 1 is 1.13 bits per heavy atom. The number of amides is 2. The highest BCUT2D eigenvalue weighted by molar-refractivity contribution is 5.77. The van der Waals surface area contributed by atoms with Crippen molar-refractivity contribution in [2.24, 2.45) is 0 Å². The summed E-state index contributed by atoms with van der Waals surface area (Å²) in [5.41, 5.74) is 0.322. The van der Waals surface area contributed by atoms with Gasteiger partial charge in [0.2, 0.25) is 18.6 Å². The molecule has 1 fully saturated rings. The first-order chi connectivity index (χ1) is 18.7. The number of fused-ring (bicyclic) bond motifs is 1. The summed E-state index contributed by atoms with van der Waals surface area (Å²) in [6.45, 7) is 7.38. The summed E-state index contributed by atoms with van der Waals surface area (Å²) in [6.07, 6.45) is 6.53. The fraction of sp³-hybridized carbons (Fsp3) is 0.444. The van der Waals surface area contributed by atoms with Crippen LogP contribution in [0.1, 0.15) is 32.8 Å². The van der Waals surface area contributed by atoms with Crippen LogP contribution in [0.3, 0.4) is 0 Å². The minimum absolute atomic E-state index is 0.0578. The van der Waals surface area contributed by atoms with Crippen LogP contribution in [0, 0.1) is 0 Å². The highest BCUT2D eigenvalue weighted by Crippen LogP contribution is 2.33. The average Bonchev–Trinajstić information content (AvgIpc) is 3.60. The lowest BCUT2D eigenvalue weighted by molar-refractivity contribution is -0.131. The SMILES string of the molecule is CN(Cc1ccc2c(c1)OCO2)C(=O)CC1CN(C(=O)OC(C)(C)C)CCN1c1ccnc(-n2ccnc2)n1. The molecule has 2 aromatic heterocycles. The van der Waals surface area contributed by atoms with Crippen molar-refractivity contribution < 1.29 is 23.8 Å². The van der Waals surface area contributed by atoms with Crippen molar-refractivity contribution in [1.82, 2.24) is 29.3 Å². The topological polar surface area (TPSA) is 115 Å². The number of hydrogen-bond donors (Lipinski definition) is 0. The number of imidazole rings is 1. The molecule has 2 amide bonds. The van der Waals surface area contributed by atoms with Crippen molar-refractivity contribution in [3.8, 4) is 17.4 Å². The zero-order valence-corrected chi connectivity index (χ0v) is 22.6. The van der Waals surface area contributed by atoms with Gasteiger partial charge in [0, 0.05) is 58.2 Å². The third-order valence-corrected chi connectivity index (χ3v) is 6.48. The lowest BCUT2D eigenvalue weighted by Gasteiger charge is -2.42. The number of piperazine rings is 1. The van der Waals surface area contributed by atoms with Crippen molar-refractivity contribution in [2.45, 2.75) is 45.4 Å². The Hall–Kier alpha value is -4.35. The first kappa shape index (κ1) is 26.3. The van der Waals surface area contributed by atoms with E-state index in [1.165, 1.54) is 0 Å². The highest BCUT2D eigenvalue weighted by atomic mass is 16.7. The van der Waals surface area contributed by atoms with Crippen molar-refractivity contribution in [3.05, 3.63) is 54.7 Å². The molecular weight excluding hydrogens is 502 g/mol. The molecule has 2 aliphatic rings. The fourth-order valence-electron chi connectivity index (χ4n) is 4.58. The maximum absolute atomic E-state index is 13.4. The van der Waals surface area contributed by atoms with Gasteiger partial charge in [0.15, 0.2) is 11.5 Å². The van der Waals surface area contributed by atoms with Crippen molar-refractivity contribution in [3.63, 3.8) is 0 Å². The molecule has 2 aliphatic heterocycles. The molecule has 0 N–H and O–H groups in total. The predicted molar refractivity (Wildman–Crippen MR) is 142 cm³/mol. The number of aromatic nitrogens is 4. The van der Waals surface area contributed by atoms with Gasteiger partial charge in [-0.05, 0) is 44.5 Å². The molecule has 39 heavy (non-hydrogen) atoms. The molecule has 12 nitrogen and oxygen atoms in total. The molecule has 1 unspecified atom stereocenters. The predicted octanol–water partition coefficient (Wildman–Crippen LogP) is 2.87. The molecule has 12 heteroatoms. The van der Waals surface area contributed by atoms with Crippen LogP contribution in [0.5, 0.6) is 11.5 Å². The van der Waals surface area contributed by atoms with Gasteiger partial charge in [0.05, 0.1) is 6.04 Å². The van der Waals surface area contributed by atoms with E-state index in [0.717, 1.165) is 5.56 Å². The summed E-state index contributed by atoms with van der Waals surface area (Å²) in [5.74, 6) is 2.47. The van der Waals surface area contributed by atoms with Crippen LogP contribution in [0.4, 0.5) is 10.6 Å². The summed E-state index contributed by atoms with van der Waals surface area (Å²) >= 11 is 0. The summed E-state index contributed by atoms with van der Waals surface area (Å²) < 4.78 is 18.2. The van der Waals surface area contributed by atoms with E-state index in [1.807, 2.05) is 45.0 Å². The Morgan fingerprint density at radius 3 is 2.72 bits per heavy atom. The van der Waals surface area contributed by atoms with E-state index in [1.54, 1.807) is 46.3 Å². The Labute approximate surface area is 227 Å². The van der Waals surface area contributed by atoms with E-state index in [0.29, 0.717) is 49.4 Å². The Bertz CT molecular complexity index is 1320. The van der Waals surface area contributed by atoms with Crippen LogP contribution >= 0.6 is 0 Å². The lowest BCUT2D eigenvalue weighted by Crippen LogP contribution is -2.57. The van der Waals surface area contributed by atoms with Gasteiger partial charge >= 0.3 is 6.09 Å². The molecule has 1 saturated heterocycles. The van der Waals surface area contributed by atoms with Gasteiger partial charge in [-0.2, -0.15) is 4.98 Å². The van der Waals surface area contributed by atoms with Crippen molar-refractivity contribution in [1.29, 1.82) is 0 Å². The minimum Gasteiger partial charge on any atom is -0.454 e. The normalized spacial score (nSPS) is 16.8. The molecule has 5 rings (SSSR count). The molecule has 0 aliphatic carbocycles. The molecule has 1 atom stereocenters. The first-order valence-corrected chi connectivity index (χ1v) is 12.8.